The van der Waals surface area contributed by atoms with Crippen LogP contribution in [-0.2, 0) is 4.79 Å². The van der Waals surface area contributed by atoms with Gasteiger partial charge in [-0.3, -0.25) is 9.69 Å². The zero-order valence-corrected chi connectivity index (χ0v) is 10.8. The van der Waals surface area contributed by atoms with Crippen LogP contribution >= 0.6 is 0 Å². The fraction of sp³-hybridized carbons (Fsp3) is 0.429. The van der Waals surface area contributed by atoms with Crippen molar-refractivity contribution in [3.8, 4) is 6.07 Å². The zero-order valence-electron chi connectivity index (χ0n) is 10.8. The molecule has 0 aromatic heterocycles. The lowest BCUT2D eigenvalue weighted by molar-refractivity contribution is -0.120. The number of hydrogen-bond donors (Lipinski definition) is 1. The molecule has 0 aliphatic carbocycles. The lowest BCUT2D eigenvalue weighted by atomic mass is 10.0. The van der Waals surface area contributed by atoms with Crippen LogP contribution in [0, 0.1) is 11.3 Å². The third-order valence-electron chi connectivity index (χ3n) is 2.87. The third-order valence-corrected chi connectivity index (χ3v) is 2.87. The van der Waals surface area contributed by atoms with Crippen molar-refractivity contribution in [3.05, 3.63) is 35.9 Å². The normalized spacial score (nSPS) is 12.4. The van der Waals surface area contributed by atoms with Crippen molar-refractivity contribution in [1.82, 2.24) is 4.90 Å². The molecule has 0 aliphatic rings. The van der Waals surface area contributed by atoms with E-state index < -0.39 is 0 Å². The van der Waals surface area contributed by atoms with E-state index in [0.29, 0.717) is 6.42 Å². The summed E-state index contributed by atoms with van der Waals surface area (Å²) in [7, 11) is 0. The van der Waals surface area contributed by atoms with E-state index in [2.05, 4.69) is 6.07 Å². The first-order valence-corrected chi connectivity index (χ1v) is 6.02. The maximum atomic E-state index is 11.2. The quantitative estimate of drug-likeness (QED) is 0.831. The molecule has 4 heteroatoms. The molecule has 96 valence electrons. The van der Waals surface area contributed by atoms with Gasteiger partial charge in [-0.05, 0) is 19.4 Å². The molecular weight excluding hydrogens is 226 g/mol. The Bertz CT molecular complexity index is 422. The number of nitriles is 1. The average Bonchev–Trinajstić information content (AvgIpc) is 2.34. The lowest BCUT2D eigenvalue weighted by Crippen LogP contribution is -2.41. The minimum absolute atomic E-state index is 0.0938. The van der Waals surface area contributed by atoms with Gasteiger partial charge in [0.05, 0.1) is 19.0 Å². The fourth-order valence-corrected chi connectivity index (χ4v) is 2.02. The Hall–Kier alpha value is -1.86. The van der Waals surface area contributed by atoms with E-state index in [-0.39, 0.29) is 24.5 Å². The van der Waals surface area contributed by atoms with Gasteiger partial charge in [-0.1, -0.05) is 30.3 Å². The smallest absolute Gasteiger partial charge is 0.231 e. The summed E-state index contributed by atoms with van der Waals surface area (Å²) in [5.74, 6) is -0.373. The molecule has 0 saturated heterocycles. The Labute approximate surface area is 108 Å². The van der Waals surface area contributed by atoms with Crippen LogP contribution in [0.5, 0.6) is 0 Å². The summed E-state index contributed by atoms with van der Waals surface area (Å²) in [5.41, 5.74) is 6.32. The standard InChI is InChI=1S/C14H19N3O/c1-11(2)17(10-14(16)18)13(8-9-15)12-6-4-3-5-7-12/h3-7,11,13H,8,10H2,1-2H3,(H2,16,18). The van der Waals surface area contributed by atoms with Crippen molar-refractivity contribution in [1.29, 1.82) is 5.26 Å². The molecule has 2 N–H and O–H groups in total. The number of amides is 1. The van der Waals surface area contributed by atoms with Crippen LogP contribution in [0.25, 0.3) is 0 Å². The van der Waals surface area contributed by atoms with Gasteiger partial charge in [-0.25, -0.2) is 0 Å². The first-order chi connectivity index (χ1) is 8.56. The molecule has 1 aromatic rings. The topological polar surface area (TPSA) is 70.1 Å². The summed E-state index contributed by atoms with van der Waals surface area (Å²) in [4.78, 5) is 13.1. The maximum Gasteiger partial charge on any atom is 0.231 e. The van der Waals surface area contributed by atoms with Gasteiger partial charge in [0.15, 0.2) is 0 Å². The highest BCUT2D eigenvalue weighted by molar-refractivity contribution is 5.76. The molecule has 1 unspecified atom stereocenters. The molecule has 1 rings (SSSR count). The summed E-state index contributed by atoms with van der Waals surface area (Å²) in [6.07, 6.45) is 0.343. The number of benzene rings is 1. The van der Waals surface area contributed by atoms with E-state index in [1.165, 1.54) is 0 Å². The van der Waals surface area contributed by atoms with Crippen LogP contribution in [0.3, 0.4) is 0 Å². The molecule has 4 nitrogen and oxygen atoms in total. The highest BCUT2D eigenvalue weighted by Gasteiger charge is 2.23. The van der Waals surface area contributed by atoms with Crippen molar-refractivity contribution in [2.24, 2.45) is 5.73 Å². The molecule has 1 amide bonds. The van der Waals surface area contributed by atoms with Gasteiger partial charge in [0, 0.05) is 12.1 Å². The Morgan fingerprint density at radius 1 is 1.39 bits per heavy atom. The van der Waals surface area contributed by atoms with E-state index >= 15 is 0 Å². The number of nitrogens with two attached hydrogens (primary N) is 1. The molecule has 1 atom stereocenters. The van der Waals surface area contributed by atoms with E-state index in [1.54, 1.807) is 0 Å². The Morgan fingerprint density at radius 2 is 2.00 bits per heavy atom. The predicted octanol–water partition coefficient (Wildman–Crippen LogP) is 1.84. The highest BCUT2D eigenvalue weighted by Crippen LogP contribution is 2.25. The van der Waals surface area contributed by atoms with Crippen LogP contribution in [0.1, 0.15) is 31.9 Å². The second kappa shape index (κ2) is 6.77. The SMILES string of the molecule is CC(C)N(CC(N)=O)C(CC#N)c1ccccc1. The van der Waals surface area contributed by atoms with Crippen molar-refractivity contribution < 1.29 is 4.79 Å². The van der Waals surface area contributed by atoms with Gasteiger partial charge in [0.2, 0.25) is 5.91 Å². The first-order valence-electron chi connectivity index (χ1n) is 6.02. The molecule has 0 bridgehead atoms. The summed E-state index contributed by atoms with van der Waals surface area (Å²) in [6, 6.07) is 12.0. The number of carbonyl (C=O) groups excluding carboxylic acids is 1. The summed E-state index contributed by atoms with van der Waals surface area (Å²) < 4.78 is 0. The van der Waals surface area contributed by atoms with Gasteiger partial charge < -0.3 is 5.73 Å². The minimum atomic E-state index is -0.373. The number of hydrogen-bond acceptors (Lipinski definition) is 3. The van der Waals surface area contributed by atoms with Gasteiger partial charge >= 0.3 is 0 Å². The van der Waals surface area contributed by atoms with E-state index in [9.17, 15) is 4.79 Å². The minimum Gasteiger partial charge on any atom is -0.369 e. The van der Waals surface area contributed by atoms with Crippen molar-refractivity contribution in [3.63, 3.8) is 0 Å². The molecule has 18 heavy (non-hydrogen) atoms. The summed E-state index contributed by atoms with van der Waals surface area (Å²) in [6.45, 7) is 4.16. The number of rotatable bonds is 6. The second-order valence-corrected chi connectivity index (χ2v) is 4.52. The number of primary amides is 1. The Balaban J connectivity index is 3.01. The highest BCUT2D eigenvalue weighted by atomic mass is 16.1. The van der Waals surface area contributed by atoms with Gasteiger partial charge in [-0.2, -0.15) is 5.26 Å². The average molecular weight is 245 g/mol. The first kappa shape index (κ1) is 14.2. The Kier molecular flexibility index (Phi) is 5.34. The maximum absolute atomic E-state index is 11.2. The molecule has 0 fully saturated rings. The zero-order chi connectivity index (χ0) is 13.5. The molecule has 0 spiro atoms. The monoisotopic (exact) mass is 245 g/mol. The predicted molar refractivity (Wildman–Crippen MR) is 70.4 cm³/mol. The van der Waals surface area contributed by atoms with Crippen molar-refractivity contribution >= 4 is 5.91 Å². The lowest BCUT2D eigenvalue weighted by Gasteiger charge is -2.33. The molecule has 1 aromatic carbocycles. The molecular formula is C14H19N3O. The van der Waals surface area contributed by atoms with E-state index in [1.807, 2.05) is 49.1 Å². The van der Waals surface area contributed by atoms with E-state index in [0.717, 1.165) is 5.56 Å². The van der Waals surface area contributed by atoms with Crippen LogP contribution < -0.4 is 5.73 Å². The van der Waals surface area contributed by atoms with E-state index in [4.69, 9.17) is 11.0 Å². The Morgan fingerprint density at radius 3 is 2.44 bits per heavy atom. The second-order valence-electron chi connectivity index (χ2n) is 4.52. The van der Waals surface area contributed by atoms with Crippen molar-refractivity contribution in [2.75, 3.05) is 6.54 Å². The van der Waals surface area contributed by atoms with Crippen LogP contribution in [-0.4, -0.2) is 23.4 Å². The molecule has 0 heterocycles. The molecule has 0 saturated carbocycles. The van der Waals surface area contributed by atoms with Crippen LogP contribution in [0.4, 0.5) is 0 Å². The van der Waals surface area contributed by atoms with Gasteiger partial charge in [0.25, 0.3) is 0 Å². The summed E-state index contributed by atoms with van der Waals surface area (Å²) >= 11 is 0. The molecule has 0 aliphatic heterocycles. The van der Waals surface area contributed by atoms with Crippen LogP contribution in [0.15, 0.2) is 30.3 Å². The summed E-state index contributed by atoms with van der Waals surface area (Å²) in [5, 5.41) is 8.97. The van der Waals surface area contributed by atoms with Gasteiger partial charge in [0.1, 0.15) is 0 Å². The third kappa shape index (κ3) is 3.86. The number of carbonyl (C=O) groups is 1. The number of nitrogens with zero attached hydrogens (tertiary/aromatic N) is 2. The van der Waals surface area contributed by atoms with Gasteiger partial charge in [-0.15, -0.1) is 0 Å². The largest absolute Gasteiger partial charge is 0.369 e. The molecule has 0 radical (unpaired) electrons. The van der Waals surface area contributed by atoms with Crippen molar-refractivity contribution in [2.45, 2.75) is 32.4 Å². The fourth-order valence-electron chi connectivity index (χ4n) is 2.02. The van der Waals surface area contributed by atoms with Crippen LogP contribution in [0.2, 0.25) is 0 Å².